The van der Waals surface area contributed by atoms with Crippen LogP contribution in [0.2, 0.25) is 0 Å². The van der Waals surface area contributed by atoms with Crippen molar-refractivity contribution in [2.75, 3.05) is 13.2 Å². The van der Waals surface area contributed by atoms with E-state index in [1.807, 2.05) is 6.92 Å². The number of ether oxygens (including phenoxy) is 2. The van der Waals surface area contributed by atoms with Crippen molar-refractivity contribution in [1.82, 2.24) is 0 Å². The fourth-order valence-electron chi connectivity index (χ4n) is 2.74. The molecule has 0 fully saturated rings. The number of rotatable bonds is 3. The lowest BCUT2D eigenvalue weighted by Crippen LogP contribution is -2.23. The van der Waals surface area contributed by atoms with Crippen molar-refractivity contribution in [2.45, 2.75) is 47.0 Å². The van der Waals surface area contributed by atoms with E-state index in [0.717, 1.165) is 12.0 Å². The zero-order valence-corrected chi connectivity index (χ0v) is 15.6. The molecule has 0 saturated carbocycles. The van der Waals surface area contributed by atoms with Crippen molar-refractivity contribution in [2.24, 2.45) is 11.8 Å². The summed E-state index contributed by atoms with van der Waals surface area (Å²) in [5.74, 6) is 1.89. The molecule has 0 aliphatic heterocycles. The van der Waals surface area contributed by atoms with Crippen LogP contribution in [0.25, 0.3) is 0 Å². The van der Waals surface area contributed by atoms with Crippen molar-refractivity contribution >= 4 is 11.9 Å². The fraction of sp³-hybridized carbons (Fsp3) is 0.478. The maximum absolute atomic E-state index is 11.5. The van der Waals surface area contributed by atoms with Gasteiger partial charge in [0.25, 0.3) is 0 Å². The zero-order chi connectivity index (χ0) is 19.2. The molecular weight excluding hydrogens is 340 g/mol. The van der Waals surface area contributed by atoms with E-state index in [1.54, 1.807) is 12.8 Å². The summed E-state index contributed by atoms with van der Waals surface area (Å²) in [7, 11) is 0. The van der Waals surface area contributed by atoms with Gasteiger partial charge in [-0.2, -0.15) is 0 Å². The molecule has 148 valence electrons. The average Bonchev–Trinajstić information content (AvgIpc) is 2.71. The molecule has 4 aliphatic carbocycles. The van der Waals surface area contributed by atoms with Crippen molar-refractivity contribution in [1.29, 1.82) is 0 Å². The van der Waals surface area contributed by atoms with Gasteiger partial charge in [0.15, 0.2) is 0 Å². The molecule has 2 unspecified atom stereocenters. The normalized spacial score (nSPS) is 20.4. The van der Waals surface area contributed by atoms with Gasteiger partial charge >= 0.3 is 11.9 Å². The summed E-state index contributed by atoms with van der Waals surface area (Å²) >= 11 is 0. The van der Waals surface area contributed by atoms with Crippen LogP contribution in [0.1, 0.15) is 47.0 Å². The summed E-state index contributed by atoms with van der Waals surface area (Å²) in [6.45, 7) is 4.37. The third-order valence-electron chi connectivity index (χ3n) is 3.98. The average molecular weight is 373 g/mol. The van der Waals surface area contributed by atoms with Crippen molar-refractivity contribution in [3.63, 3.8) is 0 Å². The summed E-state index contributed by atoms with van der Waals surface area (Å²) in [5, 5.41) is 0. The van der Waals surface area contributed by atoms with Gasteiger partial charge in [-0.25, -0.2) is 9.59 Å². The molecule has 2 bridgehead atoms. The van der Waals surface area contributed by atoms with E-state index in [4.69, 9.17) is 4.74 Å². The molecule has 0 radical (unpaired) electrons. The van der Waals surface area contributed by atoms with E-state index in [0.29, 0.717) is 25.0 Å². The molecule has 0 spiro atoms. The van der Waals surface area contributed by atoms with Crippen LogP contribution in [0.3, 0.4) is 0 Å². The standard InChI is InChI=1S/C11H14O2.C6H8.C5H6O2.CH4/c1-2-13-11(12)10-7-8-3-5-9(10)6-4-8;1-2-4-6-5-3-1;1-3-5(6)7-4-2;/h3,5,7-9H,2,4,6H2,1H3;1-4H,5-6H2;1H,4H2,2H3;1H4. The Hall–Kier alpha value is -2.54. The Bertz CT molecular complexity index is 605. The van der Waals surface area contributed by atoms with E-state index in [1.165, 1.54) is 19.3 Å². The minimum Gasteiger partial charge on any atom is -0.463 e. The van der Waals surface area contributed by atoms with Crippen molar-refractivity contribution < 1.29 is 19.1 Å². The second kappa shape index (κ2) is 14.6. The van der Waals surface area contributed by atoms with Crippen molar-refractivity contribution in [3.05, 3.63) is 48.1 Å². The Kier molecular flexibility index (Phi) is 13.2. The van der Waals surface area contributed by atoms with E-state index in [-0.39, 0.29) is 13.4 Å². The molecular formula is C23H32O4. The van der Waals surface area contributed by atoms with Gasteiger partial charge in [-0.15, -0.1) is 6.42 Å². The molecule has 27 heavy (non-hydrogen) atoms. The first-order valence-corrected chi connectivity index (χ1v) is 9.14. The van der Waals surface area contributed by atoms with E-state index in [2.05, 4.69) is 53.7 Å². The van der Waals surface area contributed by atoms with Crippen LogP contribution in [-0.4, -0.2) is 25.2 Å². The molecule has 0 aromatic rings. The Morgan fingerprint density at radius 3 is 2.00 bits per heavy atom. The second-order valence-corrected chi connectivity index (χ2v) is 5.87. The first-order valence-electron chi connectivity index (χ1n) is 9.14. The number of esters is 2. The molecule has 4 heteroatoms. The highest BCUT2D eigenvalue weighted by molar-refractivity contribution is 5.90. The molecule has 0 N–H and O–H groups in total. The number of fused-ring (bicyclic) bond motifs is 1. The Morgan fingerprint density at radius 2 is 1.70 bits per heavy atom. The first-order chi connectivity index (χ1) is 12.6. The SMILES string of the molecule is C.C#CC(=O)OCC.C1=CCCC=C1.CCOC(=O)C1=CC2C=CC1CC2. The van der Waals surface area contributed by atoms with Crippen LogP contribution >= 0.6 is 0 Å². The van der Waals surface area contributed by atoms with Crippen LogP contribution < -0.4 is 0 Å². The lowest BCUT2D eigenvalue weighted by atomic mass is 9.77. The lowest BCUT2D eigenvalue weighted by Gasteiger charge is -2.28. The van der Waals surface area contributed by atoms with E-state index in [9.17, 15) is 9.59 Å². The predicted octanol–water partition coefficient (Wildman–Crippen LogP) is 4.78. The van der Waals surface area contributed by atoms with Gasteiger partial charge in [0.1, 0.15) is 0 Å². The monoisotopic (exact) mass is 372 g/mol. The molecule has 4 rings (SSSR count). The van der Waals surface area contributed by atoms with E-state index < -0.39 is 5.97 Å². The Morgan fingerprint density at radius 1 is 1.07 bits per heavy atom. The third kappa shape index (κ3) is 9.65. The third-order valence-corrected chi connectivity index (χ3v) is 3.98. The number of carbonyl (C=O) groups excluding carboxylic acids is 2. The number of terminal acetylenes is 1. The fourth-order valence-corrected chi connectivity index (χ4v) is 2.74. The van der Waals surface area contributed by atoms with Crippen LogP contribution in [-0.2, 0) is 19.1 Å². The van der Waals surface area contributed by atoms with Gasteiger partial charge in [0.2, 0.25) is 0 Å². The highest BCUT2D eigenvalue weighted by atomic mass is 16.5. The van der Waals surface area contributed by atoms with Gasteiger partial charge in [-0.05, 0) is 45.4 Å². The predicted molar refractivity (Wildman–Crippen MR) is 110 cm³/mol. The number of hydrogen-bond acceptors (Lipinski definition) is 4. The van der Waals surface area contributed by atoms with Gasteiger partial charge in [0, 0.05) is 17.4 Å². The second-order valence-electron chi connectivity index (χ2n) is 5.87. The highest BCUT2D eigenvalue weighted by Crippen LogP contribution is 2.35. The maximum Gasteiger partial charge on any atom is 0.384 e. The largest absolute Gasteiger partial charge is 0.463 e. The molecule has 0 amide bonds. The Balaban J connectivity index is 0.000000412. The van der Waals surface area contributed by atoms with E-state index >= 15 is 0 Å². The number of allylic oxidation sites excluding steroid dienone is 7. The molecule has 0 aromatic carbocycles. The maximum atomic E-state index is 11.5. The summed E-state index contributed by atoms with van der Waals surface area (Å²) in [4.78, 5) is 21.4. The first kappa shape index (κ1) is 24.5. The molecule has 4 aliphatic rings. The molecule has 0 saturated heterocycles. The van der Waals surface area contributed by atoms with Crippen LogP contribution in [0.4, 0.5) is 0 Å². The van der Waals surface area contributed by atoms with Crippen molar-refractivity contribution in [3.8, 4) is 12.3 Å². The van der Waals surface area contributed by atoms with Crippen LogP contribution in [0, 0.1) is 24.2 Å². The summed E-state index contributed by atoms with van der Waals surface area (Å²) in [6, 6.07) is 0. The lowest BCUT2D eigenvalue weighted by molar-refractivity contribution is -0.139. The minimum atomic E-state index is -0.595. The van der Waals surface area contributed by atoms with Gasteiger partial charge < -0.3 is 9.47 Å². The highest BCUT2D eigenvalue weighted by Gasteiger charge is 2.29. The summed E-state index contributed by atoms with van der Waals surface area (Å²) in [5.41, 5.74) is 0.876. The molecule has 2 atom stereocenters. The smallest absolute Gasteiger partial charge is 0.384 e. The number of carbonyl (C=O) groups is 2. The van der Waals surface area contributed by atoms with Gasteiger partial charge in [-0.1, -0.05) is 50.0 Å². The quantitative estimate of drug-likeness (QED) is 0.309. The molecule has 0 aromatic heterocycles. The summed E-state index contributed by atoms with van der Waals surface area (Å²) in [6.07, 6.45) is 24.3. The Labute approximate surface area is 164 Å². The topological polar surface area (TPSA) is 52.6 Å². The molecule has 0 heterocycles. The molecule has 4 nitrogen and oxygen atoms in total. The summed E-state index contributed by atoms with van der Waals surface area (Å²) < 4.78 is 9.31. The zero-order valence-electron chi connectivity index (χ0n) is 15.6. The van der Waals surface area contributed by atoms with Gasteiger partial charge in [0.05, 0.1) is 13.2 Å². The number of hydrogen-bond donors (Lipinski definition) is 0. The minimum absolute atomic E-state index is 0. The van der Waals surface area contributed by atoms with Gasteiger partial charge in [-0.3, -0.25) is 0 Å². The van der Waals surface area contributed by atoms with Crippen LogP contribution in [0.5, 0.6) is 0 Å². The van der Waals surface area contributed by atoms with Crippen LogP contribution in [0.15, 0.2) is 48.1 Å².